The molecule has 0 saturated heterocycles. The Kier molecular flexibility index (Phi) is 3.70. The average molecular weight is 291 g/mol. The van der Waals surface area contributed by atoms with Crippen molar-refractivity contribution in [1.82, 2.24) is 0 Å². The maximum Gasteiger partial charge on any atom is 0.161 e. The van der Waals surface area contributed by atoms with Crippen molar-refractivity contribution in [3.05, 3.63) is 53.6 Å². The molecule has 1 aliphatic heterocycles. The van der Waals surface area contributed by atoms with E-state index in [9.17, 15) is 0 Å². The van der Waals surface area contributed by atoms with Crippen LogP contribution in [0.25, 0.3) is 0 Å². The molecule has 0 N–H and O–H groups in total. The molecule has 1 atom stereocenters. The minimum Gasteiger partial charge on any atom is -0.497 e. The van der Waals surface area contributed by atoms with Gasteiger partial charge in [0.05, 0.1) is 12.5 Å². The van der Waals surface area contributed by atoms with Crippen molar-refractivity contribution in [2.75, 3.05) is 20.3 Å². The van der Waals surface area contributed by atoms with Gasteiger partial charge in [0, 0.05) is 0 Å². The predicted molar refractivity (Wildman–Crippen MR) is 78.1 cm³/mol. The Morgan fingerprint density at radius 3 is 2.30 bits per heavy atom. The summed E-state index contributed by atoms with van der Waals surface area (Å²) in [6.07, 6.45) is 0. The first-order valence-electron chi connectivity index (χ1n) is 6.45. The van der Waals surface area contributed by atoms with Gasteiger partial charge >= 0.3 is 0 Å². The van der Waals surface area contributed by atoms with Crippen LogP contribution in [0, 0.1) is 0 Å². The van der Waals surface area contributed by atoms with Gasteiger partial charge in [-0.2, -0.15) is 0 Å². The maximum atomic E-state index is 6.53. The van der Waals surface area contributed by atoms with E-state index in [1.165, 1.54) is 0 Å². The lowest BCUT2D eigenvalue weighted by Crippen LogP contribution is -2.15. The van der Waals surface area contributed by atoms with Crippen LogP contribution in [0.15, 0.2) is 42.5 Å². The summed E-state index contributed by atoms with van der Waals surface area (Å²) >= 11 is 6.53. The van der Waals surface area contributed by atoms with Gasteiger partial charge in [-0.05, 0) is 35.4 Å². The summed E-state index contributed by atoms with van der Waals surface area (Å²) in [6.45, 7) is 1.17. The van der Waals surface area contributed by atoms with E-state index in [1.807, 2.05) is 42.5 Å². The van der Waals surface area contributed by atoms with Gasteiger partial charge in [0.15, 0.2) is 11.5 Å². The third-order valence-corrected chi connectivity index (χ3v) is 3.77. The zero-order valence-electron chi connectivity index (χ0n) is 11.1. The number of hydrogen-bond donors (Lipinski definition) is 0. The number of methoxy groups -OCH3 is 1. The van der Waals surface area contributed by atoms with Gasteiger partial charge in [0.1, 0.15) is 19.0 Å². The van der Waals surface area contributed by atoms with Crippen LogP contribution in [0.5, 0.6) is 17.2 Å². The van der Waals surface area contributed by atoms with Gasteiger partial charge in [0.25, 0.3) is 0 Å². The molecule has 20 heavy (non-hydrogen) atoms. The van der Waals surface area contributed by atoms with E-state index in [0.717, 1.165) is 28.4 Å². The molecule has 0 aromatic heterocycles. The molecule has 3 rings (SSSR count). The number of rotatable bonds is 3. The fraction of sp³-hybridized carbons (Fsp3) is 0.250. The molecule has 0 bridgehead atoms. The fourth-order valence-electron chi connectivity index (χ4n) is 2.18. The van der Waals surface area contributed by atoms with Crippen molar-refractivity contribution in [2.45, 2.75) is 5.38 Å². The Labute approximate surface area is 123 Å². The van der Waals surface area contributed by atoms with Gasteiger partial charge in [-0.15, -0.1) is 11.6 Å². The predicted octanol–water partition coefficient (Wildman–Crippen LogP) is 3.79. The Morgan fingerprint density at radius 2 is 1.60 bits per heavy atom. The smallest absolute Gasteiger partial charge is 0.161 e. The third kappa shape index (κ3) is 2.54. The zero-order valence-corrected chi connectivity index (χ0v) is 11.9. The molecule has 0 spiro atoms. The molecular weight excluding hydrogens is 276 g/mol. The summed E-state index contributed by atoms with van der Waals surface area (Å²) < 4.78 is 16.2. The van der Waals surface area contributed by atoms with Crippen LogP contribution in [0.1, 0.15) is 16.5 Å². The van der Waals surface area contributed by atoms with E-state index in [2.05, 4.69) is 0 Å². The highest BCUT2D eigenvalue weighted by molar-refractivity contribution is 6.22. The summed E-state index contributed by atoms with van der Waals surface area (Å²) in [5, 5.41) is -0.225. The lowest BCUT2D eigenvalue weighted by Gasteiger charge is -2.20. The Hall–Kier alpha value is -1.87. The van der Waals surface area contributed by atoms with E-state index in [4.69, 9.17) is 25.8 Å². The lowest BCUT2D eigenvalue weighted by atomic mass is 10.0. The first kappa shape index (κ1) is 13.1. The van der Waals surface area contributed by atoms with Crippen LogP contribution in [-0.2, 0) is 0 Å². The van der Waals surface area contributed by atoms with Gasteiger partial charge in [-0.3, -0.25) is 0 Å². The van der Waals surface area contributed by atoms with E-state index in [0.29, 0.717) is 13.2 Å². The number of ether oxygens (including phenoxy) is 3. The van der Waals surface area contributed by atoms with E-state index in [-0.39, 0.29) is 5.38 Å². The summed E-state index contributed by atoms with van der Waals surface area (Å²) in [5.41, 5.74) is 2.00. The van der Waals surface area contributed by atoms with Crippen molar-refractivity contribution in [1.29, 1.82) is 0 Å². The van der Waals surface area contributed by atoms with Gasteiger partial charge in [-0.25, -0.2) is 0 Å². The topological polar surface area (TPSA) is 27.7 Å². The highest BCUT2D eigenvalue weighted by Crippen LogP contribution is 2.37. The summed E-state index contributed by atoms with van der Waals surface area (Å²) in [4.78, 5) is 0. The Morgan fingerprint density at radius 1 is 0.950 bits per heavy atom. The van der Waals surface area contributed by atoms with Crippen molar-refractivity contribution in [2.24, 2.45) is 0 Å². The number of halogens is 1. The molecular formula is C16H15ClO3. The first-order valence-corrected chi connectivity index (χ1v) is 6.89. The summed E-state index contributed by atoms with van der Waals surface area (Å²) in [6, 6.07) is 13.6. The second-order valence-corrected chi connectivity index (χ2v) is 4.98. The number of hydrogen-bond acceptors (Lipinski definition) is 3. The molecule has 1 heterocycles. The van der Waals surface area contributed by atoms with E-state index in [1.54, 1.807) is 7.11 Å². The number of alkyl halides is 1. The van der Waals surface area contributed by atoms with Crippen LogP contribution >= 0.6 is 11.6 Å². The van der Waals surface area contributed by atoms with E-state index < -0.39 is 0 Å². The molecule has 0 amide bonds. The van der Waals surface area contributed by atoms with Gasteiger partial charge in [0.2, 0.25) is 0 Å². The number of fused-ring (bicyclic) bond motifs is 1. The van der Waals surface area contributed by atoms with Crippen molar-refractivity contribution < 1.29 is 14.2 Å². The summed E-state index contributed by atoms with van der Waals surface area (Å²) in [5.74, 6) is 2.35. The molecule has 0 saturated carbocycles. The Balaban J connectivity index is 1.87. The standard InChI is InChI=1S/C16H15ClO3/c1-18-13-5-2-11(3-6-13)16(17)12-4-7-14-15(10-12)20-9-8-19-14/h2-7,10,16H,8-9H2,1H3. The SMILES string of the molecule is COc1ccc(C(Cl)c2ccc3c(c2)OCCO3)cc1. The minimum absolute atomic E-state index is 0.225. The van der Waals surface area contributed by atoms with Crippen LogP contribution < -0.4 is 14.2 Å². The third-order valence-electron chi connectivity index (χ3n) is 3.27. The average Bonchev–Trinajstić information content (AvgIpc) is 2.54. The van der Waals surface area contributed by atoms with Crippen molar-refractivity contribution in [3.63, 3.8) is 0 Å². The quantitative estimate of drug-likeness (QED) is 0.805. The maximum absolute atomic E-state index is 6.53. The minimum atomic E-state index is -0.225. The normalized spacial score (nSPS) is 14.7. The van der Waals surface area contributed by atoms with Gasteiger partial charge in [-0.1, -0.05) is 18.2 Å². The van der Waals surface area contributed by atoms with E-state index >= 15 is 0 Å². The largest absolute Gasteiger partial charge is 0.497 e. The van der Waals surface area contributed by atoms with Gasteiger partial charge < -0.3 is 14.2 Å². The van der Waals surface area contributed by atoms with Crippen LogP contribution in [-0.4, -0.2) is 20.3 Å². The summed E-state index contributed by atoms with van der Waals surface area (Å²) in [7, 11) is 1.65. The molecule has 0 fully saturated rings. The Bertz CT molecular complexity index is 595. The first-order chi connectivity index (χ1) is 9.78. The van der Waals surface area contributed by atoms with Crippen LogP contribution in [0.3, 0.4) is 0 Å². The second kappa shape index (κ2) is 5.63. The van der Waals surface area contributed by atoms with Crippen LogP contribution in [0.2, 0.25) is 0 Å². The molecule has 1 unspecified atom stereocenters. The molecule has 1 aliphatic rings. The molecule has 0 aliphatic carbocycles. The fourth-order valence-corrected chi connectivity index (χ4v) is 2.46. The van der Waals surface area contributed by atoms with Crippen molar-refractivity contribution >= 4 is 11.6 Å². The van der Waals surface area contributed by atoms with Crippen LogP contribution in [0.4, 0.5) is 0 Å². The lowest BCUT2D eigenvalue weighted by molar-refractivity contribution is 0.171. The monoisotopic (exact) mass is 290 g/mol. The molecule has 104 valence electrons. The second-order valence-electron chi connectivity index (χ2n) is 4.54. The molecule has 0 radical (unpaired) electrons. The zero-order chi connectivity index (χ0) is 13.9. The highest BCUT2D eigenvalue weighted by Gasteiger charge is 2.16. The molecule has 2 aromatic carbocycles. The number of benzene rings is 2. The molecule has 2 aromatic rings. The molecule has 4 heteroatoms. The highest BCUT2D eigenvalue weighted by atomic mass is 35.5. The molecule has 3 nitrogen and oxygen atoms in total. The van der Waals surface area contributed by atoms with Crippen molar-refractivity contribution in [3.8, 4) is 17.2 Å².